The molecule has 1 N–H and O–H groups in total. The zero-order valence-electron chi connectivity index (χ0n) is 11.1. The van der Waals surface area contributed by atoms with E-state index in [0.29, 0.717) is 26.3 Å². The van der Waals surface area contributed by atoms with Crippen LogP contribution in [0.25, 0.3) is 0 Å². The van der Waals surface area contributed by atoms with E-state index < -0.39 is 12.0 Å². The van der Waals surface area contributed by atoms with Crippen LogP contribution in [0.4, 0.5) is 5.69 Å². The molecule has 110 valence electrons. The Balaban J connectivity index is 2.39. The molecular formula is C15H12Cl3NO2. The summed E-state index contributed by atoms with van der Waals surface area (Å²) < 4.78 is 4.83. The fourth-order valence-electron chi connectivity index (χ4n) is 1.86. The van der Waals surface area contributed by atoms with Crippen LogP contribution < -0.4 is 5.32 Å². The lowest BCUT2D eigenvalue weighted by molar-refractivity contribution is -0.141. The van der Waals surface area contributed by atoms with Crippen molar-refractivity contribution in [3.8, 4) is 0 Å². The molecule has 0 saturated heterocycles. The Hall–Kier alpha value is -1.42. The Morgan fingerprint density at radius 3 is 2.48 bits per heavy atom. The summed E-state index contributed by atoms with van der Waals surface area (Å²) >= 11 is 18.1. The number of ether oxygens (including phenoxy) is 1. The molecule has 2 aromatic rings. The van der Waals surface area contributed by atoms with E-state index in [4.69, 9.17) is 39.5 Å². The van der Waals surface area contributed by atoms with E-state index in [1.165, 1.54) is 7.11 Å². The highest BCUT2D eigenvalue weighted by atomic mass is 35.5. The number of carbonyl (C=O) groups is 1. The summed E-state index contributed by atoms with van der Waals surface area (Å²) in [6, 6.07) is 11.2. The maximum Gasteiger partial charge on any atom is 0.333 e. The summed E-state index contributed by atoms with van der Waals surface area (Å²) in [6.07, 6.45) is 0. The van der Waals surface area contributed by atoms with Crippen LogP contribution in [0, 0.1) is 0 Å². The summed E-state index contributed by atoms with van der Waals surface area (Å²) in [5.41, 5.74) is 1.21. The van der Waals surface area contributed by atoms with Crippen LogP contribution in [0.3, 0.4) is 0 Å². The van der Waals surface area contributed by atoms with E-state index in [1.54, 1.807) is 42.5 Å². The molecule has 0 heterocycles. The summed E-state index contributed by atoms with van der Waals surface area (Å²) in [5.74, 6) is -0.473. The number of nitrogens with one attached hydrogen (secondary N) is 1. The van der Waals surface area contributed by atoms with Crippen molar-refractivity contribution in [2.75, 3.05) is 12.4 Å². The van der Waals surface area contributed by atoms with E-state index >= 15 is 0 Å². The number of anilines is 1. The highest BCUT2D eigenvalue weighted by molar-refractivity contribution is 6.34. The van der Waals surface area contributed by atoms with Crippen molar-refractivity contribution >= 4 is 46.5 Å². The summed E-state index contributed by atoms with van der Waals surface area (Å²) in [5, 5.41) is 4.51. The van der Waals surface area contributed by atoms with Gasteiger partial charge in [-0.2, -0.15) is 0 Å². The minimum Gasteiger partial charge on any atom is -0.467 e. The van der Waals surface area contributed by atoms with Gasteiger partial charge >= 0.3 is 5.97 Å². The minimum absolute atomic E-state index is 0.421. The quantitative estimate of drug-likeness (QED) is 0.796. The molecule has 2 aromatic carbocycles. The Morgan fingerprint density at radius 1 is 1.10 bits per heavy atom. The molecule has 2 rings (SSSR count). The summed E-state index contributed by atoms with van der Waals surface area (Å²) in [7, 11) is 1.31. The molecule has 0 aliphatic heterocycles. The van der Waals surface area contributed by atoms with Gasteiger partial charge in [-0.25, -0.2) is 4.79 Å². The molecule has 0 fully saturated rings. The lowest BCUT2D eigenvalue weighted by atomic mass is 10.1. The second-order valence-electron chi connectivity index (χ2n) is 4.28. The average Bonchev–Trinajstić information content (AvgIpc) is 2.47. The van der Waals surface area contributed by atoms with Gasteiger partial charge in [-0.3, -0.25) is 0 Å². The van der Waals surface area contributed by atoms with Gasteiger partial charge in [0.25, 0.3) is 0 Å². The minimum atomic E-state index is -0.778. The molecule has 0 spiro atoms. The third-order valence-corrected chi connectivity index (χ3v) is 3.66. The predicted molar refractivity (Wildman–Crippen MR) is 86.3 cm³/mol. The van der Waals surface area contributed by atoms with E-state index in [0.717, 1.165) is 0 Å². The molecule has 0 amide bonds. The van der Waals surface area contributed by atoms with Gasteiger partial charge in [0.1, 0.15) is 0 Å². The van der Waals surface area contributed by atoms with Gasteiger partial charge in [-0.15, -0.1) is 0 Å². The summed E-state index contributed by atoms with van der Waals surface area (Å²) in [4.78, 5) is 12.0. The van der Waals surface area contributed by atoms with Crippen LogP contribution in [-0.4, -0.2) is 13.1 Å². The van der Waals surface area contributed by atoms with Crippen molar-refractivity contribution in [1.29, 1.82) is 0 Å². The Labute approximate surface area is 137 Å². The molecule has 0 saturated carbocycles. The molecule has 6 heteroatoms. The van der Waals surface area contributed by atoms with Crippen LogP contribution in [0.1, 0.15) is 11.6 Å². The van der Waals surface area contributed by atoms with Gasteiger partial charge in [-0.05, 0) is 36.4 Å². The van der Waals surface area contributed by atoms with Crippen LogP contribution in [-0.2, 0) is 9.53 Å². The SMILES string of the molecule is COC(=O)C(Nc1cccc(Cl)c1)c1cc(Cl)ccc1Cl. The number of hydrogen-bond acceptors (Lipinski definition) is 3. The first-order valence-corrected chi connectivity index (χ1v) is 7.19. The predicted octanol–water partition coefficient (Wildman–Crippen LogP) is 4.97. The lowest BCUT2D eigenvalue weighted by Gasteiger charge is -2.19. The van der Waals surface area contributed by atoms with Crippen molar-refractivity contribution in [3.05, 3.63) is 63.1 Å². The number of carbonyl (C=O) groups excluding carboxylic acids is 1. The molecule has 0 aliphatic carbocycles. The third kappa shape index (κ3) is 4.03. The maximum absolute atomic E-state index is 12.0. The van der Waals surface area contributed by atoms with Gasteiger partial charge in [0.2, 0.25) is 0 Å². The number of hydrogen-bond donors (Lipinski definition) is 1. The molecule has 0 radical (unpaired) electrons. The zero-order valence-corrected chi connectivity index (χ0v) is 13.3. The first-order valence-electron chi connectivity index (χ1n) is 6.06. The molecule has 1 atom stereocenters. The maximum atomic E-state index is 12.0. The largest absolute Gasteiger partial charge is 0.467 e. The van der Waals surface area contributed by atoms with Crippen LogP contribution in [0.5, 0.6) is 0 Å². The fourth-order valence-corrected chi connectivity index (χ4v) is 2.46. The van der Waals surface area contributed by atoms with Gasteiger partial charge < -0.3 is 10.1 Å². The van der Waals surface area contributed by atoms with Crippen LogP contribution >= 0.6 is 34.8 Å². The van der Waals surface area contributed by atoms with E-state index in [9.17, 15) is 4.79 Å². The summed E-state index contributed by atoms with van der Waals surface area (Å²) in [6.45, 7) is 0. The number of methoxy groups -OCH3 is 1. The van der Waals surface area contributed by atoms with Gasteiger partial charge in [-0.1, -0.05) is 40.9 Å². The van der Waals surface area contributed by atoms with Crippen molar-refractivity contribution < 1.29 is 9.53 Å². The van der Waals surface area contributed by atoms with Gasteiger partial charge in [0.15, 0.2) is 6.04 Å². The standard InChI is InChI=1S/C15H12Cl3NO2/c1-21-15(20)14(12-8-10(17)5-6-13(12)18)19-11-4-2-3-9(16)7-11/h2-8,14,19H,1H3. The van der Waals surface area contributed by atoms with Crippen LogP contribution in [0.15, 0.2) is 42.5 Å². The number of benzene rings is 2. The number of esters is 1. The highest BCUT2D eigenvalue weighted by Crippen LogP contribution is 2.30. The van der Waals surface area contributed by atoms with Gasteiger partial charge in [0, 0.05) is 26.3 Å². The molecule has 0 bridgehead atoms. The smallest absolute Gasteiger partial charge is 0.333 e. The molecule has 3 nitrogen and oxygen atoms in total. The van der Waals surface area contributed by atoms with Crippen molar-refractivity contribution in [1.82, 2.24) is 0 Å². The highest BCUT2D eigenvalue weighted by Gasteiger charge is 2.24. The van der Waals surface area contributed by atoms with Crippen molar-refractivity contribution in [3.63, 3.8) is 0 Å². The van der Waals surface area contributed by atoms with Crippen molar-refractivity contribution in [2.24, 2.45) is 0 Å². The molecule has 0 aromatic heterocycles. The first-order chi connectivity index (χ1) is 10.0. The monoisotopic (exact) mass is 343 g/mol. The second-order valence-corrected chi connectivity index (χ2v) is 5.56. The lowest BCUT2D eigenvalue weighted by Crippen LogP contribution is -2.22. The molecule has 0 aliphatic rings. The zero-order chi connectivity index (χ0) is 15.4. The van der Waals surface area contributed by atoms with Gasteiger partial charge in [0.05, 0.1) is 7.11 Å². The number of rotatable bonds is 4. The normalized spacial score (nSPS) is 11.8. The van der Waals surface area contributed by atoms with Crippen molar-refractivity contribution in [2.45, 2.75) is 6.04 Å². The third-order valence-electron chi connectivity index (χ3n) is 2.84. The van der Waals surface area contributed by atoms with E-state index in [2.05, 4.69) is 5.32 Å². The fraction of sp³-hybridized carbons (Fsp3) is 0.133. The number of halogens is 3. The Morgan fingerprint density at radius 2 is 1.81 bits per heavy atom. The first kappa shape index (κ1) is 16.0. The topological polar surface area (TPSA) is 38.3 Å². The second kappa shape index (κ2) is 7.03. The van der Waals surface area contributed by atoms with Crippen LogP contribution in [0.2, 0.25) is 15.1 Å². The Kier molecular flexibility index (Phi) is 5.34. The molecule has 21 heavy (non-hydrogen) atoms. The van der Waals surface area contributed by atoms with E-state index in [1.807, 2.05) is 0 Å². The Bertz CT molecular complexity index is 661. The molecule has 1 unspecified atom stereocenters. The average molecular weight is 345 g/mol. The molecular weight excluding hydrogens is 333 g/mol. The van der Waals surface area contributed by atoms with E-state index in [-0.39, 0.29) is 0 Å².